The van der Waals surface area contributed by atoms with Crippen molar-refractivity contribution >= 4 is 12.0 Å². The zero-order valence-electron chi connectivity index (χ0n) is 17.2. The van der Waals surface area contributed by atoms with Crippen LogP contribution in [0.15, 0.2) is 16.5 Å². The number of carbonyl (C=O) groups is 2. The van der Waals surface area contributed by atoms with Crippen LogP contribution in [-0.2, 0) is 11.2 Å². The Kier molecular flexibility index (Phi) is 6.65. The van der Waals surface area contributed by atoms with E-state index in [-0.39, 0.29) is 30.7 Å². The molecule has 1 aromatic rings. The third-order valence-corrected chi connectivity index (χ3v) is 6.19. The van der Waals surface area contributed by atoms with Crippen molar-refractivity contribution < 1.29 is 19.1 Å². The minimum Gasteiger partial charge on any atom is -0.480 e. The molecule has 1 saturated heterocycles. The van der Waals surface area contributed by atoms with Gasteiger partial charge in [-0.25, -0.2) is 4.79 Å². The SMILES string of the molecule is CCc1ccc(C2CC(C)CCN2C(=O)NC2CC(N(CC)CC(=O)O)C2)o1. The highest BCUT2D eigenvalue weighted by Crippen LogP contribution is 2.35. The summed E-state index contributed by atoms with van der Waals surface area (Å²) < 4.78 is 5.96. The number of hydrogen-bond donors (Lipinski definition) is 2. The maximum Gasteiger partial charge on any atom is 0.318 e. The van der Waals surface area contributed by atoms with E-state index in [0.717, 1.165) is 50.2 Å². The Hall–Kier alpha value is -2.02. The molecule has 2 atom stereocenters. The van der Waals surface area contributed by atoms with E-state index >= 15 is 0 Å². The first kappa shape index (κ1) is 20.7. The summed E-state index contributed by atoms with van der Waals surface area (Å²) in [5.41, 5.74) is 0. The Morgan fingerprint density at radius 3 is 2.64 bits per heavy atom. The van der Waals surface area contributed by atoms with Gasteiger partial charge < -0.3 is 19.7 Å². The topological polar surface area (TPSA) is 86.0 Å². The van der Waals surface area contributed by atoms with Crippen LogP contribution in [0.1, 0.15) is 64.0 Å². The van der Waals surface area contributed by atoms with E-state index in [9.17, 15) is 9.59 Å². The zero-order valence-corrected chi connectivity index (χ0v) is 17.2. The Morgan fingerprint density at radius 2 is 2.04 bits per heavy atom. The molecule has 0 bridgehead atoms. The number of furan rings is 1. The lowest BCUT2D eigenvalue weighted by atomic mass is 9.85. The fraction of sp³-hybridized carbons (Fsp3) is 0.714. The molecule has 1 aliphatic heterocycles. The number of likely N-dealkylation sites (tertiary alicyclic amines) is 1. The van der Waals surface area contributed by atoms with Gasteiger partial charge in [-0.3, -0.25) is 9.69 Å². The second-order valence-corrected chi connectivity index (χ2v) is 8.22. The Labute approximate surface area is 167 Å². The quantitative estimate of drug-likeness (QED) is 0.745. The van der Waals surface area contributed by atoms with Gasteiger partial charge in [0.2, 0.25) is 0 Å². The van der Waals surface area contributed by atoms with Crippen molar-refractivity contribution in [3.8, 4) is 0 Å². The van der Waals surface area contributed by atoms with Crippen LogP contribution in [0.4, 0.5) is 4.79 Å². The van der Waals surface area contributed by atoms with Gasteiger partial charge in [-0.15, -0.1) is 0 Å². The number of carboxylic acid groups (broad SMARTS) is 1. The number of aliphatic carboxylic acids is 1. The second kappa shape index (κ2) is 8.99. The molecule has 2 N–H and O–H groups in total. The van der Waals surface area contributed by atoms with E-state index in [2.05, 4.69) is 19.2 Å². The molecule has 1 aliphatic carbocycles. The van der Waals surface area contributed by atoms with Gasteiger partial charge in [0, 0.05) is 25.0 Å². The van der Waals surface area contributed by atoms with Crippen LogP contribution < -0.4 is 5.32 Å². The number of carboxylic acids is 1. The third-order valence-electron chi connectivity index (χ3n) is 6.19. The van der Waals surface area contributed by atoms with Gasteiger partial charge in [0.1, 0.15) is 11.5 Å². The van der Waals surface area contributed by atoms with E-state index in [1.807, 2.05) is 28.9 Å². The van der Waals surface area contributed by atoms with Crippen molar-refractivity contribution in [2.45, 2.75) is 71.0 Å². The van der Waals surface area contributed by atoms with Crippen molar-refractivity contribution in [3.05, 3.63) is 23.7 Å². The lowest BCUT2D eigenvalue weighted by Gasteiger charge is -2.44. The van der Waals surface area contributed by atoms with E-state index in [1.165, 1.54) is 0 Å². The molecule has 1 saturated carbocycles. The molecule has 2 amide bonds. The second-order valence-electron chi connectivity index (χ2n) is 8.22. The molecule has 2 fully saturated rings. The average molecular weight is 392 g/mol. The van der Waals surface area contributed by atoms with Gasteiger partial charge in [0.05, 0.1) is 12.6 Å². The molecule has 2 heterocycles. The normalized spacial score (nSPS) is 27.5. The minimum absolute atomic E-state index is 0.0147. The third kappa shape index (κ3) is 4.69. The predicted molar refractivity (Wildman–Crippen MR) is 106 cm³/mol. The first-order chi connectivity index (χ1) is 13.4. The molecule has 1 aromatic heterocycles. The largest absolute Gasteiger partial charge is 0.480 e. The molecule has 0 spiro atoms. The molecule has 7 heteroatoms. The summed E-state index contributed by atoms with van der Waals surface area (Å²) in [6.07, 6.45) is 4.38. The van der Waals surface area contributed by atoms with Gasteiger partial charge in [-0.2, -0.15) is 0 Å². The Bertz CT molecular complexity index is 683. The average Bonchev–Trinajstić information content (AvgIpc) is 3.11. The smallest absolute Gasteiger partial charge is 0.318 e. The summed E-state index contributed by atoms with van der Waals surface area (Å²) in [5.74, 6) is 1.59. The van der Waals surface area contributed by atoms with Crippen LogP contribution >= 0.6 is 0 Å². The molecule has 2 aliphatic rings. The van der Waals surface area contributed by atoms with Crippen molar-refractivity contribution in [2.75, 3.05) is 19.6 Å². The van der Waals surface area contributed by atoms with Gasteiger partial charge in [-0.05, 0) is 50.3 Å². The molecule has 0 aromatic carbocycles. The number of nitrogens with zero attached hydrogens (tertiary/aromatic N) is 2. The summed E-state index contributed by atoms with van der Waals surface area (Å²) in [6.45, 7) is 7.77. The highest BCUT2D eigenvalue weighted by atomic mass is 16.4. The number of rotatable bonds is 7. The lowest BCUT2D eigenvalue weighted by Crippen LogP contribution is -2.57. The summed E-state index contributed by atoms with van der Waals surface area (Å²) in [5, 5.41) is 12.2. The summed E-state index contributed by atoms with van der Waals surface area (Å²) in [4.78, 5) is 27.8. The van der Waals surface area contributed by atoms with Crippen LogP contribution in [0, 0.1) is 5.92 Å². The monoisotopic (exact) mass is 391 g/mol. The highest BCUT2D eigenvalue weighted by Gasteiger charge is 2.38. The number of likely N-dealkylation sites (N-methyl/N-ethyl adjacent to an activating group) is 1. The Balaban J connectivity index is 1.57. The number of carbonyl (C=O) groups excluding carboxylic acids is 1. The fourth-order valence-electron chi connectivity index (χ4n) is 4.35. The maximum absolute atomic E-state index is 13.0. The van der Waals surface area contributed by atoms with E-state index in [4.69, 9.17) is 9.52 Å². The predicted octanol–water partition coefficient (Wildman–Crippen LogP) is 3.26. The minimum atomic E-state index is -0.801. The van der Waals surface area contributed by atoms with Crippen molar-refractivity contribution in [1.29, 1.82) is 0 Å². The summed E-state index contributed by atoms with van der Waals surface area (Å²) >= 11 is 0. The standard InChI is InChI=1S/C21H33N3O4/c1-4-17-6-7-19(28-17)18-10-14(3)8-9-24(18)21(27)22-15-11-16(12-15)23(5-2)13-20(25)26/h6-7,14-16,18H,4-5,8-13H2,1-3H3,(H,22,27)(H,25,26). The van der Waals surface area contributed by atoms with Crippen molar-refractivity contribution in [3.63, 3.8) is 0 Å². The number of nitrogens with one attached hydrogen (secondary N) is 1. The molecule has 156 valence electrons. The fourth-order valence-corrected chi connectivity index (χ4v) is 4.35. The van der Waals surface area contributed by atoms with E-state index in [0.29, 0.717) is 12.5 Å². The number of hydrogen-bond acceptors (Lipinski definition) is 4. The maximum atomic E-state index is 13.0. The number of amides is 2. The molecule has 3 rings (SSSR count). The molecule has 28 heavy (non-hydrogen) atoms. The summed E-state index contributed by atoms with van der Waals surface area (Å²) in [7, 11) is 0. The number of piperidine rings is 1. The number of aryl methyl sites for hydroxylation is 1. The van der Waals surface area contributed by atoms with Crippen LogP contribution in [0.2, 0.25) is 0 Å². The molecule has 2 unspecified atom stereocenters. The lowest BCUT2D eigenvalue weighted by molar-refractivity contribution is -0.139. The molecular formula is C21H33N3O4. The molecular weight excluding hydrogens is 358 g/mol. The summed E-state index contributed by atoms with van der Waals surface area (Å²) in [6, 6.07) is 4.31. The molecule has 0 radical (unpaired) electrons. The number of urea groups is 1. The van der Waals surface area contributed by atoms with Crippen LogP contribution in [0.3, 0.4) is 0 Å². The molecule has 7 nitrogen and oxygen atoms in total. The van der Waals surface area contributed by atoms with E-state index < -0.39 is 5.97 Å². The van der Waals surface area contributed by atoms with Crippen LogP contribution in [0.5, 0.6) is 0 Å². The van der Waals surface area contributed by atoms with Crippen molar-refractivity contribution in [1.82, 2.24) is 15.1 Å². The first-order valence-electron chi connectivity index (χ1n) is 10.5. The first-order valence-corrected chi connectivity index (χ1v) is 10.5. The van der Waals surface area contributed by atoms with Gasteiger partial charge in [0.15, 0.2) is 0 Å². The Morgan fingerprint density at radius 1 is 1.29 bits per heavy atom. The highest BCUT2D eigenvalue weighted by molar-refractivity contribution is 5.75. The van der Waals surface area contributed by atoms with Gasteiger partial charge in [-0.1, -0.05) is 20.8 Å². The van der Waals surface area contributed by atoms with Gasteiger partial charge in [0.25, 0.3) is 0 Å². The zero-order chi connectivity index (χ0) is 20.3. The van der Waals surface area contributed by atoms with Crippen LogP contribution in [0.25, 0.3) is 0 Å². The van der Waals surface area contributed by atoms with Crippen LogP contribution in [-0.4, -0.2) is 58.6 Å². The van der Waals surface area contributed by atoms with E-state index in [1.54, 1.807) is 0 Å². The van der Waals surface area contributed by atoms with Gasteiger partial charge >= 0.3 is 12.0 Å². The van der Waals surface area contributed by atoms with Crippen molar-refractivity contribution in [2.24, 2.45) is 5.92 Å².